The first-order valence-corrected chi connectivity index (χ1v) is 11.9. The number of amides is 2. The molecule has 1 aromatic rings. The Labute approximate surface area is 186 Å². The average Bonchev–Trinajstić information content (AvgIpc) is 2.76. The van der Waals surface area contributed by atoms with Gasteiger partial charge in [0.05, 0.1) is 13.0 Å². The topological polar surface area (TPSA) is 84.5 Å². The molecule has 1 fully saturated rings. The van der Waals surface area contributed by atoms with Crippen molar-refractivity contribution < 1.29 is 19.1 Å². The lowest BCUT2D eigenvalue weighted by Crippen LogP contribution is -2.62. The second kappa shape index (κ2) is 14.6. The molecule has 0 aromatic heterocycles. The maximum atomic E-state index is 12.3. The fraction of sp³-hybridized carbons (Fsp3) is 0.640. The van der Waals surface area contributed by atoms with Crippen LogP contribution in [0.25, 0.3) is 0 Å². The van der Waals surface area contributed by atoms with Gasteiger partial charge in [-0.05, 0) is 12.0 Å². The number of rotatable bonds is 15. The van der Waals surface area contributed by atoms with E-state index in [0.29, 0.717) is 13.0 Å². The molecular formula is C25H38N2O4. The third kappa shape index (κ3) is 9.99. The van der Waals surface area contributed by atoms with Crippen molar-refractivity contribution in [1.29, 1.82) is 0 Å². The minimum absolute atomic E-state index is 0.132. The molecule has 0 radical (unpaired) electrons. The molecule has 2 rings (SSSR count). The van der Waals surface area contributed by atoms with Gasteiger partial charge in [0, 0.05) is 6.42 Å². The molecule has 1 aliphatic rings. The van der Waals surface area contributed by atoms with E-state index >= 15 is 0 Å². The van der Waals surface area contributed by atoms with Crippen LogP contribution >= 0.6 is 0 Å². The summed E-state index contributed by atoms with van der Waals surface area (Å²) in [5, 5.41) is 5.38. The molecular weight excluding hydrogens is 392 g/mol. The molecule has 2 amide bonds. The Kier molecular flexibility index (Phi) is 11.7. The smallest absolute Gasteiger partial charge is 0.308 e. The number of piperazine rings is 1. The summed E-state index contributed by atoms with van der Waals surface area (Å²) in [6.07, 6.45) is 12.5. The number of nitrogens with one attached hydrogen (secondary N) is 2. The first kappa shape index (κ1) is 24.9. The van der Waals surface area contributed by atoms with E-state index in [2.05, 4.69) is 17.6 Å². The van der Waals surface area contributed by atoms with E-state index in [1.54, 1.807) is 0 Å². The molecule has 0 bridgehead atoms. The van der Waals surface area contributed by atoms with Gasteiger partial charge in [-0.2, -0.15) is 0 Å². The third-order valence-corrected chi connectivity index (χ3v) is 5.68. The number of benzene rings is 1. The summed E-state index contributed by atoms with van der Waals surface area (Å²) in [6, 6.07) is 8.04. The van der Waals surface area contributed by atoms with Crippen molar-refractivity contribution >= 4 is 17.8 Å². The number of esters is 1. The lowest BCUT2D eigenvalue weighted by Gasteiger charge is -2.29. The second-order valence-corrected chi connectivity index (χ2v) is 8.42. The fourth-order valence-corrected chi connectivity index (χ4v) is 3.81. The highest BCUT2D eigenvalue weighted by molar-refractivity contribution is 5.98. The molecule has 0 saturated carbocycles. The van der Waals surface area contributed by atoms with Crippen LogP contribution in [0.15, 0.2) is 30.3 Å². The highest BCUT2D eigenvalue weighted by Gasteiger charge is 2.35. The van der Waals surface area contributed by atoms with Crippen LogP contribution in [0.1, 0.15) is 83.1 Å². The molecule has 0 spiro atoms. The quantitative estimate of drug-likeness (QED) is 0.325. The number of carbonyl (C=O) groups is 3. The van der Waals surface area contributed by atoms with Gasteiger partial charge < -0.3 is 15.4 Å². The van der Waals surface area contributed by atoms with Crippen LogP contribution in [-0.2, 0) is 25.5 Å². The highest BCUT2D eigenvalue weighted by atomic mass is 16.5. The van der Waals surface area contributed by atoms with Gasteiger partial charge in [-0.3, -0.25) is 14.4 Å². The normalized spacial score (nSPS) is 18.4. The summed E-state index contributed by atoms with van der Waals surface area (Å²) in [7, 11) is 0. The molecule has 31 heavy (non-hydrogen) atoms. The van der Waals surface area contributed by atoms with Gasteiger partial charge in [0.2, 0.25) is 11.8 Å². The summed E-state index contributed by atoms with van der Waals surface area (Å²) < 4.78 is 5.25. The molecule has 0 aliphatic carbocycles. The van der Waals surface area contributed by atoms with E-state index in [-0.39, 0.29) is 18.2 Å². The summed E-state index contributed by atoms with van der Waals surface area (Å²) in [6.45, 7) is 2.60. The first-order chi connectivity index (χ1) is 15.1. The van der Waals surface area contributed by atoms with Gasteiger partial charge in [0.15, 0.2) is 0 Å². The molecule has 2 atom stereocenters. The summed E-state index contributed by atoms with van der Waals surface area (Å²) in [4.78, 5) is 36.7. The largest absolute Gasteiger partial charge is 0.466 e. The van der Waals surface area contributed by atoms with E-state index in [4.69, 9.17) is 4.74 Å². The van der Waals surface area contributed by atoms with Crippen molar-refractivity contribution in [3.8, 4) is 0 Å². The second-order valence-electron chi connectivity index (χ2n) is 8.42. The van der Waals surface area contributed by atoms with E-state index in [1.165, 1.54) is 44.9 Å². The molecule has 0 unspecified atom stereocenters. The van der Waals surface area contributed by atoms with Crippen LogP contribution in [-0.4, -0.2) is 36.5 Å². The number of ether oxygens (including phenoxy) is 1. The van der Waals surface area contributed by atoms with Crippen LogP contribution < -0.4 is 10.6 Å². The Morgan fingerprint density at radius 2 is 1.35 bits per heavy atom. The fourth-order valence-electron chi connectivity index (χ4n) is 3.81. The van der Waals surface area contributed by atoms with Crippen molar-refractivity contribution in [1.82, 2.24) is 10.6 Å². The molecule has 1 aromatic carbocycles. The molecule has 2 N–H and O–H groups in total. The van der Waals surface area contributed by atoms with E-state index in [9.17, 15) is 14.4 Å². The molecule has 1 aliphatic heterocycles. The van der Waals surface area contributed by atoms with Crippen LogP contribution in [0.5, 0.6) is 0 Å². The van der Waals surface area contributed by atoms with Gasteiger partial charge in [0.1, 0.15) is 12.1 Å². The Balaban J connectivity index is 1.54. The number of hydrogen-bond acceptors (Lipinski definition) is 4. The van der Waals surface area contributed by atoms with Gasteiger partial charge in [-0.25, -0.2) is 0 Å². The van der Waals surface area contributed by atoms with Crippen molar-refractivity contribution in [2.45, 2.75) is 96.1 Å². The van der Waals surface area contributed by atoms with Gasteiger partial charge in [-0.15, -0.1) is 0 Å². The molecule has 172 valence electrons. The van der Waals surface area contributed by atoms with Crippen LogP contribution in [0.2, 0.25) is 0 Å². The van der Waals surface area contributed by atoms with Crippen molar-refractivity contribution in [2.75, 3.05) is 6.61 Å². The van der Waals surface area contributed by atoms with E-state index in [1.807, 2.05) is 30.3 Å². The van der Waals surface area contributed by atoms with Gasteiger partial charge in [-0.1, -0.05) is 95.0 Å². The van der Waals surface area contributed by atoms with Crippen molar-refractivity contribution in [3.63, 3.8) is 0 Å². The first-order valence-electron chi connectivity index (χ1n) is 11.9. The number of unbranched alkanes of at least 4 members (excludes halogenated alkanes) is 9. The Bertz CT molecular complexity index is 677. The van der Waals surface area contributed by atoms with Crippen LogP contribution in [0, 0.1) is 0 Å². The zero-order valence-corrected chi connectivity index (χ0v) is 18.9. The van der Waals surface area contributed by atoms with E-state index in [0.717, 1.165) is 24.8 Å². The Morgan fingerprint density at radius 1 is 0.806 bits per heavy atom. The summed E-state index contributed by atoms with van der Waals surface area (Å²) >= 11 is 0. The summed E-state index contributed by atoms with van der Waals surface area (Å²) in [5.74, 6) is -1.05. The monoisotopic (exact) mass is 430 g/mol. The summed E-state index contributed by atoms with van der Waals surface area (Å²) in [5.41, 5.74) is 0.970. The lowest BCUT2D eigenvalue weighted by molar-refractivity contribution is -0.147. The minimum atomic E-state index is -0.861. The standard InChI is InChI=1S/C25H38N2O4/c1-2-3-4-5-6-7-8-9-10-14-17-31-23(28)19-22-25(30)26-21(24(29)27-22)18-20-15-12-11-13-16-20/h11-13,15-16,21-22H,2-10,14,17-19H2,1H3,(H,26,30)(H,27,29)/t21-,22-/m0/s1. The van der Waals surface area contributed by atoms with E-state index < -0.39 is 18.1 Å². The molecule has 6 heteroatoms. The molecule has 1 heterocycles. The van der Waals surface area contributed by atoms with Crippen LogP contribution in [0.3, 0.4) is 0 Å². The predicted octanol–water partition coefficient (Wildman–Crippen LogP) is 4.07. The zero-order chi connectivity index (χ0) is 22.3. The Morgan fingerprint density at radius 3 is 2.00 bits per heavy atom. The Hall–Kier alpha value is -2.37. The minimum Gasteiger partial charge on any atom is -0.466 e. The molecule has 6 nitrogen and oxygen atoms in total. The van der Waals surface area contributed by atoms with Gasteiger partial charge >= 0.3 is 5.97 Å². The van der Waals surface area contributed by atoms with Crippen molar-refractivity contribution in [3.05, 3.63) is 35.9 Å². The van der Waals surface area contributed by atoms with Crippen molar-refractivity contribution in [2.24, 2.45) is 0 Å². The molecule has 1 saturated heterocycles. The SMILES string of the molecule is CCCCCCCCCCCCOC(=O)C[C@@H]1NC(=O)[C@H](Cc2ccccc2)NC1=O. The maximum absolute atomic E-state index is 12.3. The third-order valence-electron chi connectivity index (χ3n) is 5.68. The average molecular weight is 431 g/mol. The van der Waals surface area contributed by atoms with Crippen LogP contribution in [0.4, 0.5) is 0 Å². The highest BCUT2D eigenvalue weighted by Crippen LogP contribution is 2.11. The lowest BCUT2D eigenvalue weighted by atomic mass is 10.0. The number of hydrogen-bond donors (Lipinski definition) is 2. The zero-order valence-electron chi connectivity index (χ0n) is 18.9. The van der Waals surface area contributed by atoms with Gasteiger partial charge in [0.25, 0.3) is 0 Å². The maximum Gasteiger partial charge on any atom is 0.308 e. The predicted molar refractivity (Wildman–Crippen MR) is 121 cm³/mol. The number of carbonyl (C=O) groups excluding carboxylic acids is 3.